The number of likely N-dealkylation sites (tertiary alicyclic amines) is 1. The summed E-state index contributed by atoms with van der Waals surface area (Å²) in [5.74, 6) is -0.667. The van der Waals surface area contributed by atoms with Crippen LogP contribution in [0, 0.1) is 5.92 Å². The lowest BCUT2D eigenvalue weighted by atomic mass is 10.1. The van der Waals surface area contributed by atoms with Gasteiger partial charge in [0.25, 0.3) is 0 Å². The third-order valence-electron chi connectivity index (χ3n) is 3.25. The van der Waals surface area contributed by atoms with Gasteiger partial charge in [-0.1, -0.05) is 6.92 Å². The molecule has 0 aromatic carbocycles. The summed E-state index contributed by atoms with van der Waals surface area (Å²) in [5.41, 5.74) is 0.477. The van der Waals surface area contributed by atoms with Crippen LogP contribution in [0.25, 0.3) is 0 Å². The maximum Gasteiger partial charge on any atom is 0.331 e. The quantitative estimate of drug-likeness (QED) is 0.727. The fraction of sp³-hybridized carbons (Fsp3) is 0.667. The number of aliphatic carboxylic acids is 1. The van der Waals surface area contributed by atoms with E-state index in [9.17, 15) is 9.59 Å². The molecule has 0 saturated carbocycles. The van der Waals surface area contributed by atoms with Gasteiger partial charge in [-0.25, -0.2) is 4.79 Å². The number of carbonyl (C=O) groups is 2. The number of carboxylic acids is 1. The fourth-order valence-corrected chi connectivity index (χ4v) is 2.12. The Morgan fingerprint density at radius 3 is 2.12 bits per heavy atom. The van der Waals surface area contributed by atoms with Gasteiger partial charge in [-0.05, 0) is 33.1 Å². The molecule has 0 bridgehead atoms. The summed E-state index contributed by atoms with van der Waals surface area (Å²) in [7, 11) is 0. The number of rotatable bonds is 2. The summed E-state index contributed by atoms with van der Waals surface area (Å²) in [5, 5.41) is 8.83. The molecule has 0 spiro atoms. The van der Waals surface area contributed by atoms with E-state index in [0.29, 0.717) is 11.5 Å². The van der Waals surface area contributed by atoms with E-state index in [4.69, 9.17) is 5.11 Å². The summed E-state index contributed by atoms with van der Waals surface area (Å²) in [6.07, 6.45) is 0.991. The van der Waals surface area contributed by atoms with Gasteiger partial charge in [0.2, 0.25) is 5.91 Å². The minimum atomic E-state index is -1.02. The molecule has 90 valence electrons. The van der Waals surface area contributed by atoms with Gasteiger partial charge in [0.15, 0.2) is 0 Å². The fourth-order valence-electron chi connectivity index (χ4n) is 2.12. The van der Waals surface area contributed by atoms with Crippen LogP contribution in [0.2, 0.25) is 0 Å². The number of hydrogen-bond acceptors (Lipinski definition) is 2. The van der Waals surface area contributed by atoms with Gasteiger partial charge in [0.05, 0.1) is 0 Å². The Balaban J connectivity index is 2.87. The van der Waals surface area contributed by atoms with Gasteiger partial charge in [0, 0.05) is 23.7 Å². The highest BCUT2D eigenvalue weighted by molar-refractivity contribution is 6.01. The average Bonchev–Trinajstić information content (AvgIpc) is 2.54. The largest absolute Gasteiger partial charge is 0.478 e. The van der Waals surface area contributed by atoms with Crippen molar-refractivity contribution in [3.8, 4) is 0 Å². The van der Waals surface area contributed by atoms with Crippen molar-refractivity contribution >= 4 is 11.9 Å². The lowest BCUT2D eigenvalue weighted by Gasteiger charge is -2.22. The second-order valence-corrected chi connectivity index (χ2v) is 4.70. The van der Waals surface area contributed by atoms with Crippen LogP contribution in [-0.4, -0.2) is 34.5 Å². The molecule has 1 aliphatic heterocycles. The number of amides is 1. The van der Waals surface area contributed by atoms with Gasteiger partial charge in [-0.15, -0.1) is 0 Å². The summed E-state index contributed by atoms with van der Waals surface area (Å²) < 4.78 is 0. The first-order chi connectivity index (χ1) is 7.34. The zero-order chi connectivity index (χ0) is 12.5. The molecule has 1 saturated heterocycles. The standard InChI is InChI=1S/C12H19NO3/c1-7-5-8(2)13(6-7)11(14)9(3)10(4)12(15)16/h7-8H,5-6H2,1-4H3,(H,15,16). The van der Waals surface area contributed by atoms with Crippen LogP contribution in [0.4, 0.5) is 0 Å². The molecule has 0 aliphatic carbocycles. The Kier molecular flexibility index (Phi) is 3.73. The van der Waals surface area contributed by atoms with Crippen molar-refractivity contribution < 1.29 is 14.7 Å². The molecule has 0 radical (unpaired) electrons. The Labute approximate surface area is 95.9 Å². The molecule has 2 atom stereocenters. The minimum Gasteiger partial charge on any atom is -0.478 e. The Bertz CT molecular complexity index is 346. The van der Waals surface area contributed by atoms with Gasteiger partial charge < -0.3 is 10.0 Å². The zero-order valence-electron chi connectivity index (χ0n) is 10.3. The van der Waals surface area contributed by atoms with Crippen LogP contribution in [-0.2, 0) is 9.59 Å². The van der Waals surface area contributed by atoms with Crippen molar-refractivity contribution in [2.45, 2.75) is 40.2 Å². The predicted molar refractivity (Wildman–Crippen MR) is 61.0 cm³/mol. The van der Waals surface area contributed by atoms with E-state index in [1.807, 2.05) is 6.92 Å². The number of carbonyl (C=O) groups excluding carboxylic acids is 1. The first-order valence-electron chi connectivity index (χ1n) is 5.56. The molecule has 1 rings (SSSR count). The second kappa shape index (κ2) is 4.68. The summed E-state index contributed by atoms with van der Waals surface area (Å²) in [6, 6.07) is 0.207. The predicted octanol–water partition coefficient (Wildman–Crippen LogP) is 1.66. The van der Waals surface area contributed by atoms with Crippen molar-refractivity contribution in [2.75, 3.05) is 6.54 Å². The zero-order valence-corrected chi connectivity index (χ0v) is 10.3. The molecule has 1 fully saturated rings. The SMILES string of the molecule is CC(C(=O)O)=C(C)C(=O)N1CC(C)CC1C. The van der Waals surface area contributed by atoms with Crippen molar-refractivity contribution in [1.82, 2.24) is 4.90 Å². The topological polar surface area (TPSA) is 57.6 Å². The summed E-state index contributed by atoms with van der Waals surface area (Å²) in [6.45, 7) is 7.89. The van der Waals surface area contributed by atoms with Gasteiger partial charge in [-0.3, -0.25) is 4.79 Å². The van der Waals surface area contributed by atoms with E-state index >= 15 is 0 Å². The van der Waals surface area contributed by atoms with Crippen molar-refractivity contribution in [3.05, 3.63) is 11.1 Å². The highest BCUT2D eigenvalue weighted by atomic mass is 16.4. The molecule has 1 aliphatic rings. The molecule has 16 heavy (non-hydrogen) atoms. The van der Waals surface area contributed by atoms with E-state index < -0.39 is 5.97 Å². The number of carboxylic acid groups (broad SMARTS) is 1. The Morgan fingerprint density at radius 1 is 1.19 bits per heavy atom. The number of hydrogen-bond donors (Lipinski definition) is 1. The maximum absolute atomic E-state index is 12.1. The van der Waals surface area contributed by atoms with E-state index in [-0.39, 0.29) is 17.5 Å². The van der Waals surface area contributed by atoms with Crippen LogP contribution in [0.15, 0.2) is 11.1 Å². The second-order valence-electron chi connectivity index (χ2n) is 4.70. The van der Waals surface area contributed by atoms with Crippen molar-refractivity contribution in [1.29, 1.82) is 0 Å². The van der Waals surface area contributed by atoms with Crippen LogP contribution in [0.5, 0.6) is 0 Å². The minimum absolute atomic E-state index is 0.136. The smallest absolute Gasteiger partial charge is 0.331 e. The summed E-state index contributed by atoms with van der Waals surface area (Å²) in [4.78, 5) is 24.6. The molecule has 0 aromatic heterocycles. The van der Waals surface area contributed by atoms with Gasteiger partial charge in [0.1, 0.15) is 0 Å². The lowest BCUT2D eigenvalue weighted by Crippen LogP contribution is -2.35. The summed E-state index contributed by atoms with van der Waals surface area (Å²) >= 11 is 0. The van der Waals surface area contributed by atoms with Crippen molar-refractivity contribution in [3.63, 3.8) is 0 Å². The lowest BCUT2D eigenvalue weighted by molar-refractivity contribution is -0.134. The van der Waals surface area contributed by atoms with E-state index in [1.54, 1.807) is 11.8 Å². The van der Waals surface area contributed by atoms with Crippen molar-refractivity contribution in [2.24, 2.45) is 5.92 Å². The monoisotopic (exact) mass is 225 g/mol. The van der Waals surface area contributed by atoms with E-state index in [0.717, 1.165) is 13.0 Å². The highest BCUT2D eigenvalue weighted by Gasteiger charge is 2.31. The molecule has 1 N–H and O–H groups in total. The van der Waals surface area contributed by atoms with Crippen LogP contribution < -0.4 is 0 Å². The van der Waals surface area contributed by atoms with Crippen LogP contribution in [0.3, 0.4) is 0 Å². The first kappa shape index (κ1) is 12.7. The van der Waals surface area contributed by atoms with Crippen LogP contribution in [0.1, 0.15) is 34.1 Å². The average molecular weight is 225 g/mol. The molecule has 4 nitrogen and oxygen atoms in total. The normalized spacial score (nSPS) is 26.6. The molecule has 0 aromatic rings. The van der Waals surface area contributed by atoms with Gasteiger partial charge in [-0.2, -0.15) is 0 Å². The number of nitrogens with zero attached hydrogens (tertiary/aromatic N) is 1. The highest BCUT2D eigenvalue weighted by Crippen LogP contribution is 2.24. The molecule has 2 unspecified atom stereocenters. The molecule has 1 heterocycles. The third kappa shape index (κ3) is 2.43. The van der Waals surface area contributed by atoms with E-state index in [2.05, 4.69) is 6.92 Å². The van der Waals surface area contributed by atoms with E-state index in [1.165, 1.54) is 6.92 Å². The molecular weight excluding hydrogens is 206 g/mol. The van der Waals surface area contributed by atoms with Crippen LogP contribution >= 0.6 is 0 Å². The third-order valence-corrected chi connectivity index (χ3v) is 3.25. The molecule has 1 amide bonds. The van der Waals surface area contributed by atoms with Gasteiger partial charge >= 0.3 is 5.97 Å². The maximum atomic E-state index is 12.1. The Hall–Kier alpha value is -1.32. The first-order valence-corrected chi connectivity index (χ1v) is 5.56. The molecule has 4 heteroatoms. The Morgan fingerprint density at radius 2 is 1.75 bits per heavy atom. The molecular formula is C12H19NO3.